The maximum Gasteiger partial charge on any atom is 0.121 e. The first-order valence-corrected chi connectivity index (χ1v) is 7.82. The lowest BCUT2D eigenvalue weighted by Crippen LogP contribution is -2.27. The largest absolute Gasteiger partial charge is 0.496 e. The van der Waals surface area contributed by atoms with E-state index in [9.17, 15) is 0 Å². The van der Waals surface area contributed by atoms with Crippen molar-refractivity contribution in [1.29, 1.82) is 0 Å². The molecule has 0 aliphatic heterocycles. The van der Waals surface area contributed by atoms with Gasteiger partial charge in [-0.05, 0) is 56.5 Å². The molecule has 0 amide bonds. The van der Waals surface area contributed by atoms with Crippen LogP contribution in [0.5, 0.6) is 5.75 Å². The first-order chi connectivity index (χ1) is 9.58. The smallest absolute Gasteiger partial charge is 0.121 e. The third-order valence-electron chi connectivity index (χ3n) is 3.42. The molecule has 0 aliphatic rings. The molecule has 0 radical (unpaired) electrons. The molecule has 1 atom stereocenters. The van der Waals surface area contributed by atoms with Gasteiger partial charge in [0.2, 0.25) is 0 Å². The standard InChI is InChI=1S/C17H23NOS/c1-12-9-15(6-8-17(12)19-4)11-18-13(2)10-16-7-5-14(3)20-16/h5-9,13,18H,10-11H2,1-4H3. The average molecular weight is 289 g/mol. The lowest BCUT2D eigenvalue weighted by Gasteiger charge is -2.14. The molecule has 1 aromatic heterocycles. The van der Waals surface area contributed by atoms with Crippen molar-refractivity contribution in [3.05, 3.63) is 51.2 Å². The maximum atomic E-state index is 5.29. The van der Waals surface area contributed by atoms with Crippen molar-refractivity contribution >= 4 is 11.3 Å². The Hall–Kier alpha value is -1.32. The third-order valence-corrected chi connectivity index (χ3v) is 4.44. The molecule has 3 heteroatoms. The first kappa shape index (κ1) is 15.1. The van der Waals surface area contributed by atoms with E-state index in [1.54, 1.807) is 7.11 Å². The van der Waals surface area contributed by atoms with Gasteiger partial charge in [-0.1, -0.05) is 12.1 Å². The Kier molecular flexibility index (Phi) is 5.21. The Bertz CT molecular complexity index is 562. The molecular formula is C17H23NOS. The van der Waals surface area contributed by atoms with Gasteiger partial charge in [-0.2, -0.15) is 0 Å². The minimum absolute atomic E-state index is 0.482. The number of rotatable bonds is 6. The molecule has 0 saturated heterocycles. The van der Waals surface area contributed by atoms with Crippen molar-refractivity contribution < 1.29 is 4.74 Å². The number of aryl methyl sites for hydroxylation is 2. The normalized spacial score (nSPS) is 12.4. The topological polar surface area (TPSA) is 21.3 Å². The molecule has 0 spiro atoms. The highest BCUT2D eigenvalue weighted by Gasteiger charge is 2.06. The Balaban J connectivity index is 1.86. The second kappa shape index (κ2) is 6.91. The highest BCUT2D eigenvalue weighted by Crippen LogP contribution is 2.19. The number of benzene rings is 1. The van der Waals surface area contributed by atoms with E-state index in [0.29, 0.717) is 6.04 Å². The third kappa shape index (κ3) is 4.09. The van der Waals surface area contributed by atoms with Crippen molar-refractivity contribution in [2.45, 2.75) is 39.8 Å². The van der Waals surface area contributed by atoms with Crippen LogP contribution in [0.4, 0.5) is 0 Å². The molecule has 2 rings (SSSR count). The van der Waals surface area contributed by atoms with Gasteiger partial charge in [-0.25, -0.2) is 0 Å². The van der Waals surface area contributed by atoms with Crippen LogP contribution in [0.2, 0.25) is 0 Å². The van der Waals surface area contributed by atoms with Crippen LogP contribution in [-0.2, 0) is 13.0 Å². The molecule has 0 saturated carbocycles. The Morgan fingerprint density at radius 1 is 1.20 bits per heavy atom. The van der Waals surface area contributed by atoms with E-state index in [1.807, 2.05) is 17.4 Å². The number of hydrogen-bond acceptors (Lipinski definition) is 3. The zero-order valence-corrected chi connectivity index (χ0v) is 13.5. The van der Waals surface area contributed by atoms with Crippen molar-refractivity contribution in [3.63, 3.8) is 0 Å². The van der Waals surface area contributed by atoms with Gasteiger partial charge < -0.3 is 10.1 Å². The molecule has 20 heavy (non-hydrogen) atoms. The van der Waals surface area contributed by atoms with E-state index in [1.165, 1.54) is 20.9 Å². The van der Waals surface area contributed by atoms with Gasteiger partial charge >= 0.3 is 0 Å². The van der Waals surface area contributed by atoms with E-state index >= 15 is 0 Å². The second-order valence-electron chi connectivity index (χ2n) is 5.30. The number of hydrogen-bond donors (Lipinski definition) is 1. The molecule has 1 aromatic carbocycles. The molecule has 1 N–H and O–H groups in total. The van der Waals surface area contributed by atoms with Crippen LogP contribution in [0.3, 0.4) is 0 Å². The van der Waals surface area contributed by atoms with Crippen LogP contribution in [-0.4, -0.2) is 13.2 Å². The molecule has 108 valence electrons. The van der Waals surface area contributed by atoms with Crippen molar-refractivity contribution in [3.8, 4) is 5.75 Å². The quantitative estimate of drug-likeness (QED) is 0.864. The highest BCUT2D eigenvalue weighted by atomic mass is 32.1. The van der Waals surface area contributed by atoms with Gasteiger partial charge in [0.15, 0.2) is 0 Å². The molecule has 0 bridgehead atoms. The highest BCUT2D eigenvalue weighted by molar-refractivity contribution is 7.11. The van der Waals surface area contributed by atoms with Crippen LogP contribution < -0.4 is 10.1 Å². The number of thiophene rings is 1. The molecule has 0 fully saturated rings. The fourth-order valence-electron chi connectivity index (χ4n) is 2.31. The monoisotopic (exact) mass is 289 g/mol. The average Bonchev–Trinajstić information content (AvgIpc) is 2.82. The van der Waals surface area contributed by atoms with Crippen molar-refractivity contribution in [2.24, 2.45) is 0 Å². The zero-order chi connectivity index (χ0) is 14.5. The van der Waals surface area contributed by atoms with Crippen LogP contribution in [0.1, 0.15) is 27.8 Å². The number of ether oxygens (including phenoxy) is 1. The van der Waals surface area contributed by atoms with Crippen LogP contribution in [0.25, 0.3) is 0 Å². The van der Waals surface area contributed by atoms with E-state index in [2.05, 4.69) is 50.4 Å². The molecule has 2 aromatic rings. The summed E-state index contributed by atoms with van der Waals surface area (Å²) in [5, 5.41) is 3.59. The van der Waals surface area contributed by atoms with Crippen LogP contribution in [0.15, 0.2) is 30.3 Å². The van der Waals surface area contributed by atoms with E-state index in [-0.39, 0.29) is 0 Å². The predicted octanol–water partition coefficient (Wildman–Crippen LogP) is 4.09. The Morgan fingerprint density at radius 2 is 2.00 bits per heavy atom. The Morgan fingerprint density at radius 3 is 2.60 bits per heavy atom. The summed E-state index contributed by atoms with van der Waals surface area (Å²) in [6.07, 6.45) is 1.09. The van der Waals surface area contributed by atoms with Crippen molar-refractivity contribution in [2.75, 3.05) is 7.11 Å². The van der Waals surface area contributed by atoms with Gasteiger partial charge in [-0.3, -0.25) is 0 Å². The minimum Gasteiger partial charge on any atom is -0.496 e. The summed E-state index contributed by atoms with van der Waals surface area (Å²) in [5.74, 6) is 0.954. The number of methoxy groups -OCH3 is 1. The molecule has 1 unspecified atom stereocenters. The van der Waals surface area contributed by atoms with Crippen LogP contribution in [0, 0.1) is 13.8 Å². The Labute approximate surface area is 125 Å². The fourth-order valence-corrected chi connectivity index (χ4v) is 3.33. The second-order valence-corrected chi connectivity index (χ2v) is 6.67. The lowest BCUT2D eigenvalue weighted by atomic mass is 10.1. The maximum absolute atomic E-state index is 5.29. The van der Waals surface area contributed by atoms with E-state index in [0.717, 1.165) is 18.7 Å². The van der Waals surface area contributed by atoms with E-state index in [4.69, 9.17) is 4.74 Å². The summed E-state index contributed by atoms with van der Waals surface area (Å²) in [6, 6.07) is 11.3. The van der Waals surface area contributed by atoms with Gasteiger partial charge in [0.25, 0.3) is 0 Å². The molecule has 0 aliphatic carbocycles. The summed E-state index contributed by atoms with van der Waals surface area (Å²) < 4.78 is 5.29. The summed E-state index contributed by atoms with van der Waals surface area (Å²) in [4.78, 5) is 2.84. The summed E-state index contributed by atoms with van der Waals surface area (Å²) in [5.41, 5.74) is 2.49. The molecular weight excluding hydrogens is 266 g/mol. The first-order valence-electron chi connectivity index (χ1n) is 7.00. The van der Waals surface area contributed by atoms with Crippen LogP contribution >= 0.6 is 11.3 Å². The molecule has 2 nitrogen and oxygen atoms in total. The summed E-state index contributed by atoms with van der Waals surface area (Å²) >= 11 is 1.89. The van der Waals surface area contributed by atoms with Gasteiger partial charge in [0, 0.05) is 22.3 Å². The fraction of sp³-hybridized carbons (Fsp3) is 0.412. The summed E-state index contributed by atoms with van der Waals surface area (Å²) in [6.45, 7) is 7.38. The number of nitrogens with one attached hydrogen (secondary N) is 1. The van der Waals surface area contributed by atoms with Gasteiger partial charge in [0.1, 0.15) is 5.75 Å². The zero-order valence-electron chi connectivity index (χ0n) is 12.7. The summed E-state index contributed by atoms with van der Waals surface area (Å²) in [7, 11) is 1.71. The van der Waals surface area contributed by atoms with Gasteiger partial charge in [-0.15, -0.1) is 11.3 Å². The predicted molar refractivity (Wildman–Crippen MR) is 86.8 cm³/mol. The minimum atomic E-state index is 0.482. The SMILES string of the molecule is COc1ccc(CNC(C)Cc2ccc(C)s2)cc1C. The van der Waals surface area contributed by atoms with E-state index < -0.39 is 0 Å². The van der Waals surface area contributed by atoms with Gasteiger partial charge in [0.05, 0.1) is 7.11 Å². The lowest BCUT2D eigenvalue weighted by molar-refractivity contribution is 0.411. The van der Waals surface area contributed by atoms with Crippen molar-refractivity contribution in [1.82, 2.24) is 5.32 Å². The molecule has 1 heterocycles.